The summed E-state index contributed by atoms with van der Waals surface area (Å²) in [6.07, 6.45) is 7.03. The fourth-order valence-electron chi connectivity index (χ4n) is 2.68. The van der Waals surface area contributed by atoms with E-state index in [1.165, 1.54) is 32.1 Å². The molecule has 3 heteroatoms. The zero-order valence-electron chi connectivity index (χ0n) is 11.8. The first kappa shape index (κ1) is 14.9. The van der Waals surface area contributed by atoms with Gasteiger partial charge in [0.25, 0.3) is 0 Å². The van der Waals surface area contributed by atoms with Crippen molar-refractivity contribution in [1.82, 2.24) is 5.32 Å². The highest BCUT2D eigenvalue weighted by molar-refractivity contribution is 4.86. The summed E-state index contributed by atoms with van der Waals surface area (Å²) in [6.45, 7) is 8.01. The van der Waals surface area contributed by atoms with Crippen LogP contribution in [0.3, 0.4) is 0 Å². The molecule has 1 aliphatic rings. The van der Waals surface area contributed by atoms with Crippen molar-refractivity contribution < 1.29 is 9.47 Å². The minimum atomic E-state index is 0.356. The second-order valence-corrected chi connectivity index (χ2v) is 5.55. The molecule has 0 heterocycles. The van der Waals surface area contributed by atoms with Crippen LogP contribution in [0, 0.1) is 5.41 Å². The third-order valence-corrected chi connectivity index (χ3v) is 3.73. The van der Waals surface area contributed by atoms with Crippen LogP contribution in [0.1, 0.15) is 46.0 Å². The first-order chi connectivity index (χ1) is 8.18. The van der Waals surface area contributed by atoms with E-state index in [0.717, 1.165) is 26.3 Å². The topological polar surface area (TPSA) is 30.5 Å². The van der Waals surface area contributed by atoms with Gasteiger partial charge in [-0.05, 0) is 38.5 Å². The van der Waals surface area contributed by atoms with E-state index < -0.39 is 0 Å². The average Bonchev–Trinajstić information content (AvgIpc) is 2.73. The molecule has 0 aromatic carbocycles. The highest BCUT2D eigenvalue weighted by atomic mass is 16.5. The summed E-state index contributed by atoms with van der Waals surface area (Å²) in [6, 6.07) is 0. The third kappa shape index (κ3) is 5.84. The Balaban J connectivity index is 2.24. The lowest BCUT2D eigenvalue weighted by molar-refractivity contribution is 0.0510. The first-order valence-corrected chi connectivity index (χ1v) is 7.00. The Morgan fingerprint density at radius 3 is 2.47 bits per heavy atom. The molecule has 0 bridgehead atoms. The maximum atomic E-state index is 5.70. The van der Waals surface area contributed by atoms with Gasteiger partial charge in [-0.3, -0.25) is 0 Å². The first-order valence-electron chi connectivity index (χ1n) is 7.00. The number of methoxy groups -OCH3 is 1. The largest absolute Gasteiger partial charge is 0.383 e. The van der Waals surface area contributed by atoms with Crippen LogP contribution in [-0.4, -0.2) is 39.5 Å². The zero-order valence-corrected chi connectivity index (χ0v) is 11.8. The lowest BCUT2D eigenvalue weighted by Crippen LogP contribution is -2.35. The van der Waals surface area contributed by atoms with Crippen LogP contribution in [-0.2, 0) is 9.47 Å². The monoisotopic (exact) mass is 243 g/mol. The van der Waals surface area contributed by atoms with Crippen LogP contribution in [0.4, 0.5) is 0 Å². The van der Waals surface area contributed by atoms with E-state index in [4.69, 9.17) is 9.47 Å². The molecule has 1 saturated carbocycles. The Hall–Kier alpha value is -0.120. The van der Waals surface area contributed by atoms with Crippen molar-refractivity contribution in [2.45, 2.75) is 52.1 Å². The van der Waals surface area contributed by atoms with Gasteiger partial charge in [0, 0.05) is 26.8 Å². The standard InChI is InChI=1S/C14H29NO2/c1-13(2)17-10-8-14(6-4-5-7-14)12-15-9-11-16-3/h13,15H,4-12H2,1-3H3. The van der Waals surface area contributed by atoms with Crippen molar-refractivity contribution in [2.24, 2.45) is 5.41 Å². The second kappa shape index (κ2) is 8.06. The summed E-state index contributed by atoms with van der Waals surface area (Å²) in [5.41, 5.74) is 0.489. The molecule has 1 fully saturated rings. The summed E-state index contributed by atoms with van der Waals surface area (Å²) >= 11 is 0. The van der Waals surface area contributed by atoms with Crippen molar-refractivity contribution in [3.05, 3.63) is 0 Å². The van der Waals surface area contributed by atoms with Crippen molar-refractivity contribution in [1.29, 1.82) is 0 Å². The molecular formula is C14H29NO2. The Labute approximate surface area is 106 Å². The van der Waals surface area contributed by atoms with Crippen molar-refractivity contribution >= 4 is 0 Å². The summed E-state index contributed by atoms with van der Waals surface area (Å²) in [5.74, 6) is 0. The molecule has 0 atom stereocenters. The third-order valence-electron chi connectivity index (χ3n) is 3.73. The van der Waals surface area contributed by atoms with E-state index >= 15 is 0 Å². The van der Waals surface area contributed by atoms with Gasteiger partial charge < -0.3 is 14.8 Å². The molecule has 0 aromatic heterocycles. The fourth-order valence-corrected chi connectivity index (χ4v) is 2.68. The summed E-state index contributed by atoms with van der Waals surface area (Å²) in [7, 11) is 1.75. The van der Waals surface area contributed by atoms with Gasteiger partial charge >= 0.3 is 0 Å². The highest BCUT2D eigenvalue weighted by Crippen LogP contribution is 2.40. The summed E-state index contributed by atoms with van der Waals surface area (Å²) in [4.78, 5) is 0. The molecule has 1 rings (SSSR count). The van der Waals surface area contributed by atoms with Gasteiger partial charge in [-0.25, -0.2) is 0 Å². The molecule has 1 N–H and O–H groups in total. The Bertz CT molecular complexity index is 189. The molecule has 0 aromatic rings. The van der Waals surface area contributed by atoms with Crippen LogP contribution in [0.5, 0.6) is 0 Å². The van der Waals surface area contributed by atoms with Crippen LogP contribution in [0.2, 0.25) is 0 Å². The molecule has 17 heavy (non-hydrogen) atoms. The van der Waals surface area contributed by atoms with Gasteiger partial charge in [0.05, 0.1) is 12.7 Å². The minimum absolute atomic E-state index is 0.356. The SMILES string of the molecule is COCCNCC1(CCOC(C)C)CCCC1. The van der Waals surface area contributed by atoms with Gasteiger partial charge in [-0.1, -0.05) is 12.8 Å². The van der Waals surface area contributed by atoms with Crippen LogP contribution in [0.15, 0.2) is 0 Å². The molecule has 0 radical (unpaired) electrons. The van der Waals surface area contributed by atoms with Gasteiger partial charge in [0.1, 0.15) is 0 Å². The van der Waals surface area contributed by atoms with E-state index in [1.807, 2.05) is 0 Å². The lowest BCUT2D eigenvalue weighted by Gasteiger charge is -2.29. The lowest BCUT2D eigenvalue weighted by atomic mass is 9.83. The molecule has 0 amide bonds. The van der Waals surface area contributed by atoms with E-state index in [-0.39, 0.29) is 0 Å². The molecule has 0 unspecified atom stereocenters. The minimum Gasteiger partial charge on any atom is -0.383 e. The Morgan fingerprint density at radius 2 is 1.88 bits per heavy atom. The maximum Gasteiger partial charge on any atom is 0.0587 e. The number of rotatable bonds is 9. The average molecular weight is 243 g/mol. The normalized spacial score (nSPS) is 19.1. The predicted octanol–water partition coefficient (Wildman–Crippen LogP) is 2.60. The zero-order chi connectivity index (χ0) is 12.6. The van der Waals surface area contributed by atoms with Gasteiger partial charge in [-0.15, -0.1) is 0 Å². The van der Waals surface area contributed by atoms with Crippen molar-refractivity contribution in [3.8, 4) is 0 Å². The van der Waals surface area contributed by atoms with E-state index in [0.29, 0.717) is 11.5 Å². The number of hydrogen-bond donors (Lipinski definition) is 1. The molecule has 0 spiro atoms. The van der Waals surface area contributed by atoms with Crippen molar-refractivity contribution in [3.63, 3.8) is 0 Å². The van der Waals surface area contributed by atoms with E-state index in [1.54, 1.807) is 7.11 Å². The van der Waals surface area contributed by atoms with Gasteiger partial charge in [-0.2, -0.15) is 0 Å². The molecule has 3 nitrogen and oxygen atoms in total. The van der Waals surface area contributed by atoms with Gasteiger partial charge in [0.15, 0.2) is 0 Å². The fraction of sp³-hybridized carbons (Fsp3) is 1.00. The Kier molecular flexibility index (Phi) is 7.09. The summed E-state index contributed by atoms with van der Waals surface area (Å²) < 4.78 is 10.8. The van der Waals surface area contributed by atoms with Crippen molar-refractivity contribution in [2.75, 3.05) is 33.4 Å². The quantitative estimate of drug-likeness (QED) is 0.631. The van der Waals surface area contributed by atoms with Crippen LogP contribution < -0.4 is 5.32 Å². The van der Waals surface area contributed by atoms with Crippen LogP contribution >= 0.6 is 0 Å². The smallest absolute Gasteiger partial charge is 0.0587 e. The van der Waals surface area contributed by atoms with E-state index in [2.05, 4.69) is 19.2 Å². The molecule has 102 valence electrons. The van der Waals surface area contributed by atoms with E-state index in [9.17, 15) is 0 Å². The maximum absolute atomic E-state index is 5.70. The Morgan fingerprint density at radius 1 is 1.18 bits per heavy atom. The number of hydrogen-bond acceptors (Lipinski definition) is 3. The predicted molar refractivity (Wildman–Crippen MR) is 71.4 cm³/mol. The second-order valence-electron chi connectivity index (χ2n) is 5.55. The molecule has 1 aliphatic carbocycles. The van der Waals surface area contributed by atoms with Gasteiger partial charge in [0.2, 0.25) is 0 Å². The number of ether oxygens (including phenoxy) is 2. The number of nitrogens with one attached hydrogen (secondary N) is 1. The molecule has 0 saturated heterocycles. The molecular weight excluding hydrogens is 214 g/mol. The van der Waals surface area contributed by atoms with Crippen LogP contribution in [0.25, 0.3) is 0 Å². The summed E-state index contributed by atoms with van der Waals surface area (Å²) in [5, 5.41) is 3.53. The highest BCUT2D eigenvalue weighted by Gasteiger charge is 2.32. The molecule has 0 aliphatic heterocycles.